The molecule has 0 radical (unpaired) electrons. The molecule has 0 fully saturated rings. The fraction of sp³-hybridized carbons (Fsp3) is 0.556. The number of sulfone groups is 2. The van der Waals surface area contributed by atoms with Gasteiger partial charge < -0.3 is 19.7 Å². The van der Waals surface area contributed by atoms with Crippen molar-refractivity contribution in [1.29, 1.82) is 0 Å². The normalized spacial score (nSPS) is 15.5. The summed E-state index contributed by atoms with van der Waals surface area (Å²) in [7, 11) is -3.74. The number of aliphatic hydroxyl groups is 2. The van der Waals surface area contributed by atoms with E-state index in [2.05, 4.69) is 19.9 Å². The van der Waals surface area contributed by atoms with Crippen molar-refractivity contribution >= 4 is 19.7 Å². The summed E-state index contributed by atoms with van der Waals surface area (Å²) in [5.41, 5.74) is 0.414. The molecule has 32 heavy (non-hydrogen) atoms. The molecule has 2 rings (SSSR count). The van der Waals surface area contributed by atoms with Crippen LogP contribution in [0.2, 0.25) is 0 Å². The average Bonchev–Trinajstić information content (AvgIpc) is 2.76. The molecular weight excluding hydrogens is 464 g/mol. The molecule has 0 aliphatic carbocycles. The molecule has 2 aromatic heterocycles. The Bertz CT molecular complexity index is 974. The van der Waals surface area contributed by atoms with Gasteiger partial charge in [0.2, 0.25) is 11.8 Å². The van der Waals surface area contributed by atoms with E-state index < -0.39 is 42.4 Å². The Morgan fingerprint density at radius 1 is 0.688 bits per heavy atom. The minimum Gasteiger partial charge on any atom is -0.480 e. The van der Waals surface area contributed by atoms with E-state index in [1.54, 1.807) is 0 Å². The van der Waals surface area contributed by atoms with Gasteiger partial charge in [-0.15, -0.1) is 0 Å². The lowest BCUT2D eigenvalue weighted by molar-refractivity contribution is 0.170. The van der Waals surface area contributed by atoms with Gasteiger partial charge in [0.15, 0.2) is 19.7 Å². The van der Waals surface area contributed by atoms with E-state index in [1.165, 1.54) is 52.9 Å². The topological polar surface area (TPSA) is 179 Å². The number of hydrogen-bond acceptors (Lipinski definition) is 12. The molecule has 0 unspecified atom stereocenters. The summed E-state index contributed by atoms with van der Waals surface area (Å²) in [6, 6.07) is 0. The molecule has 2 heterocycles. The van der Waals surface area contributed by atoms with Crippen LogP contribution in [0.5, 0.6) is 11.8 Å². The van der Waals surface area contributed by atoms with E-state index in [9.17, 15) is 27.0 Å². The highest BCUT2D eigenvalue weighted by molar-refractivity contribution is 7.91. The van der Waals surface area contributed by atoms with Gasteiger partial charge in [0.05, 0.1) is 60.9 Å². The predicted octanol–water partition coefficient (Wildman–Crippen LogP) is -0.0966. The van der Waals surface area contributed by atoms with Crippen LogP contribution in [0.3, 0.4) is 0 Å². The number of rotatable bonds is 8. The smallest absolute Gasteiger partial charge is 0.231 e. The Balaban J connectivity index is 0.000000320. The standard InChI is InChI=1S/2C9H14N2O4S/c2*1-6(16(3,13)14)9(12)7-4-11-8(15-2)5-10-7/h2*4-6,9,12H,1-3H3/t2*6-,9-/m10/s1. The van der Waals surface area contributed by atoms with Crippen molar-refractivity contribution in [3.05, 3.63) is 36.2 Å². The van der Waals surface area contributed by atoms with E-state index >= 15 is 0 Å². The van der Waals surface area contributed by atoms with Gasteiger partial charge in [0.1, 0.15) is 12.2 Å². The first-order valence-electron chi connectivity index (χ1n) is 9.18. The average molecular weight is 493 g/mol. The Hall–Kier alpha value is -2.42. The first-order chi connectivity index (χ1) is 14.7. The van der Waals surface area contributed by atoms with E-state index in [0.717, 1.165) is 12.5 Å². The van der Waals surface area contributed by atoms with Crippen LogP contribution in [0.4, 0.5) is 0 Å². The number of aliphatic hydroxyl groups excluding tert-OH is 2. The lowest BCUT2D eigenvalue weighted by atomic mass is 10.2. The highest BCUT2D eigenvalue weighted by Crippen LogP contribution is 2.20. The lowest BCUT2D eigenvalue weighted by Crippen LogP contribution is -2.25. The number of aromatic nitrogens is 4. The van der Waals surface area contributed by atoms with Crippen molar-refractivity contribution in [2.24, 2.45) is 0 Å². The van der Waals surface area contributed by atoms with Crippen molar-refractivity contribution in [3.63, 3.8) is 0 Å². The second-order valence-electron chi connectivity index (χ2n) is 6.93. The summed E-state index contributed by atoms with van der Waals surface area (Å²) in [4.78, 5) is 15.5. The van der Waals surface area contributed by atoms with Gasteiger partial charge in [-0.25, -0.2) is 26.8 Å². The minimum absolute atomic E-state index is 0.207. The third-order valence-electron chi connectivity index (χ3n) is 4.56. The monoisotopic (exact) mass is 492 g/mol. The van der Waals surface area contributed by atoms with Crippen LogP contribution in [-0.2, 0) is 19.7 Å². The summed E-state index contributed by atoms with van der Waals surface area (Å²) in [5, 5.41) is 17.7. The molecule has 4 atom stereocenters. The van der Waals surface area contributed by atoms with Gasteiger partial charge in [-0.3, -0.25) is 9.97 Å². The molecule has 0 spiro atoms. The second-order valence-corrected chi connectivity index (χ2v) is 11.7. The van der Waals surface area contributed by atoms with Crippen LogP contribution < -0.4 is 9.47 Å². The molecule has 12 nitrogen and oxygen atoms in total. The maximum absolute atomic E-state index is 11.2. The molecule has 180 valence electrons. The van der Waals surface area contributed by atoms with Crippen LogP contribution in [0.1, 0.15) is 37.4 Å². The number of methoxy groups -OCH3 is 2. The Morgan fingerprint density at radius 2 is 1.00 bits per heavy atom. The van der Waals surface area contributed by atoms with Crippen LogP contribution in [-0.4, -0.2) is 84.2 Å². The van der Waals surface area contributed by atoms with Crippen molar-refractivity contribution in [2.75, 3.05) is 26.7 Å². The van der Waals surface area contributed by atoms with E-state index in [4.69, 9.17) is 9.47 Å². The fourth-order valence-electron chi connectivity index (χ4n) is 2.12. The van der Waals surface area contributed by atoms with Crippen molar-refractivity contribution in [3.8, 4) is 11.8 Å². The zero-order valence-corrected chi connectivity index (χ0v) is 20.2. The molecule has 0 aliphatic rings. The maximum Gasteiger partial charge on any atom is 0.231 e. The Kier molecular flexibility index (Phi) is 9.88. The highest BCUT2D eigenvalue weighted by atomic mass is 32.2. The van der Waals surface area contributed by atoms with Crippen LogP contribution >= 0.6 is 0 Å². The SMILES string of the molecule is COc1cnc([C@@H](O)[C@H](C)S(C)(=O)=O)cn1.COc1cnc([C@H](O)[C@@H](C)S(C)(=O)=O)cn1. The molecule has 0 saturated carbocycles. The van der Waals surface area contributed by atoms with Gasteiger partial charge in [0, 0.05) is 12.5 Å². The van der Waals surface area contributed by atoms with Crippen molar-refractivity contribution in [2.45, 2.75) is 36.6 Å². The van der Waals surface area contributed by atoms with E-state index in [1.807, 2.05) is 0 Å². The van der Waals surface area contributed by atoms with Crippen molar-refractivity contribution < 1.29 is 36.5 Å². The van der Waals surface area contributed by atoms with Crippen LogP contribution in [0.25, 0.3) is 0 Å². The maximum atomic E-state index is 11.2. The highest BCUT2D eigenvalue weighted by Gasteiger charge is 2.27. The van der Waals surface area contributed by atoms with Crippen molar-refractivity contribution in [1.82, 2.24) is 19.9 Å². The molecule has 0 amide bonds. The third-order valence-corrected chi connectivity index (χ3v) is 7.78. The number of hydrogen-bond donors (Lipinski definition) is 2. The second kappa shape index (κ2) is 11.4. The third kappa shape index (κ3) is 7.93. The number of nitrogens with zero attached hydrogens (tertiary/aromatic N) is 4. The molecule has 0 aliphatic heterocycles. The first-order valence-corrected chi connectivity index (χ1v) is 13.1. The Labute approximate surface area is 187 Å². The van der Waals surface area contributed by atoms with Crippen LogP contribution in [0, 0.1) is 0 Å². The van der Waals surface area contributed by atoms with Gasteiger partial charge in [-0.05, 0) is 13.8 Å². The molecule has 2 aromatic rings. The molecule has 2 N–H and O–H groups in total. The van der Waals surface area contributed by atoms with Gasteiger partial charge >= 0.3 is 0 Å². The predicted molar refractivity (Wildman–Crippen MR) is 116 cm³/mol. The quantitative estimate of drug-likeness (QED) is 0.500. The summed E-state index contributed by atoms with van der Waals surface area (Å²) >= 11 is 0. The molecule has 0 saturated heterocycles. The molecule has 0 bridgehead atoms. The zero-order chi connectivity index (χ0) is 24.7. The summed E-state index contributed by atoms with van der Waals surface area (Å²) < 4.78 is 54.6. The van der Waals surface area contributed by atoms with E-state index in [0.29, 0.717) is 11.8 Å². The minimum atomic E-state index is -3.31. The van der Waals surface area contributed by atoms with E-state index in [-0.39, 0.29) is 11.4 Å². The molecule has 0 aromatic carbocycles. The first kappa shape index (κ1) is 27.6. The zero-order valence-electron chi connectivity index (χ0n) is 18.6. The van der Waals surface area contributed by atoms with Crippen LogP contribution in [0.15, 0.2) is 24.8 Å². The van der Waals surface area contributed by atoms with Gasteiger partial charge in [0.25, 0.3) is 0 Å². The van der Waals surface area contributed by atoms with Gasteiger partial charge in [-0.1, -0.05) is 0 Å². The summed E-state index contributed by atoms with van der Waals surface area (Å²) in [6.07, 6.45) is 5.01. The lowest BCUT2D eigenvalue weighted by Gasteiger charge is -2.16. The Morgan fingerprint density at radius 3 is 1.19 bits per heavy atom. The summed E-state index contributed by atoms with van der Waals surface area (Å²) in [5.74, 6) is 0.617. The van der Waals surface area contributed by atoms with Gasteiger partial charge in [-0.2, -0.15) is 0 Å². The number of ether oxygens (including phenoxy) is 2. The molecule has 14 heteroatoms. The summed E-state index contributed by atoms with van der Waals surface area (Å²) in [6.45, 7) is 2.85. The largest absolute Gasteiger partial charge is 0.480 e. The molecular formula is C18H28N4O8S2. The fourth-order valence-corrected chi connectivity index (χ4v) is 3.33.